The van der Waals surface area contributed by atoms with Gasteiger partial charge in [0.05, 0.1) is 25.5 Å². The van der Waals surface area contributed by atoms with Gasteiger partial charge in [0.1, 0.15) is 11.3 Å². The summed E-state index contributed by atoms with van der Waals surface area (Å²) in [7, 11) is 1.35. The Balaban J connectivity index is 1.48. The van der Waals surface area contributed by atoms with Crippen LogP contribution in [0.3, 0.4) is 0 Å². The first-order valence-corrected chi connectivity index (χ1v) is 10.8. The zero-order chi connectivity index (χ0) is 24.2. The van der Waals surface area contributed by atoms with E-state index in [1.54, 1.807) is 36.5 Å². The molecule has 0 aliphatic carbocycles. The smallest absolute Gasteiger partial charge is 0.337 e. The van der Waals surface area contributed by atoms with E-state index >= 15 is 0 Å². The SMILES string of the molecule is CCOc1ccc2oc(C(=O)N/N=C/c3cc(C)n(-c4ccc(C(=O)OC)cc4)c3C)cc2c1. The highest BCUT2D eigenvalue weighted by molar-refractivity contribution is 5.97. The molecule has 0 spiro atoms. The maximum atomic E-state index is 12.5. The van der Waals surface area contributed by atoms with Crippen molar-refractivity contribution in [2.45, 2.75) is 20.8 Å². The number of carbonyl (C=O) groups excluding carboxylic acids is 2. The predicted molar refractivity (Wildman–Crippen MR) is 129 cm³/mol. The molecule has 0 bridgehead atoms. The number of rotatable bonds is 7. The van der Waals surface area contributed by atoms with Crippen molar-refractivity contribution < 1.29 is 23.5 Å². The molecule has 0 radical (unpaired) electrons. The second-order valence-corrected chi connectivity index (χ2v) is 7.64. The molecule has 4 aromatic rings. The Kier molecular flexibility index (Phi) is 6.49. The minimum atomic E-state index is -0.447. The lowest BCUT2D eigenvalue weighted by Gasteiger charge is -2.10. The van der Waals surface area contributed by atoms with Crippen LogP contribution in [0.15, 0.2) is 64.1 Å². The lowest BCUT2D eigenvalue weighted by atomic mass is 10.2. The first kappa shape index (κ1) is 22.8. The number of hydrogen-bond acceptors (Lipinski definition) is 6. The van der Waals surface area contributed by atoms with E-state index in [0.29, 0.717) is 17.8 Å². The van der Waals surface area contributed by atoms with Gasteiger partial charge in [0.2, 0.25) is 0 Å². The summed E-state index contributed by atoms with van der Waals surface area (Å²) in [6, 6.07) is 16.2. The first-order chi connectivity index (χ1) is 16.4. The molecular formula is C26H25N3O5. The second-order valence-electron chi connectivity index (χ2n) is 7.64. The van der Waals surface area contributed by atoms with Crippen molar-refractivity contribution >= 4 is 29.1 Å². The van der Waals surface area contributed by atoms with Gasteiger partial charge in [-0.1, -0.05) is 0 Å². The van der Waals surface area contributed by atoms with Gasteiger partial charge in [0.25, 0.3) is 0 Å². The minimum absolute atomic E-state index is 0.164. The minimum Gasteiger partial charge on any atom is -0.494 e. The van der Waals surface area contributed by atoms with Crippen LogP contribution in [0, 0.1) is 13.8 Å². The van der Waals surface area contributed by atoms with Crippen LogP contribution < -0.4 is 10.2 Å². The first-order valence-electron chi connectivity index (χ1n) is 10.8. The maximum absolute atomic E-state index is 12.5. The summed E-state index contributed by atoms with van der Waals surface area (Å²) in [6.45, 7) is 6.40. The van der Waals surface area contributed by atoms with E-state index < -0.39 is 5.91 Å². The largest absolute Gasteiger partial charge is 0.494 e. The normalized spacial score (nSPS) is 11.2. The molecule has 2 heterocycles. The van der Waals surface area contributed by atoms with Crippen LogP contribution in [0.2, 0.25) is 0 Å². The highest BCUT2D eigenvalue weighted by Crippen LogP contribution is 2.24. The van der Waals surface area contributed by atoms with Gasteiger partial charge in [-0.3, -0.25) is 4.79 Å². The number of carbonyl (C=O) groups is 2. The molecule has 174 valence electrons. The molecule has 0 saturated carbocycles. The van der Waals surface area contributed by atoms with Crippen molar-refractivity contribution in [1.29, 1.82) is 0 Å². The van der Waals surface area contributed by atoms with Crippen molar-refractivity contribution in [3.63, 3.8) is 0 Å². The zero-order valence-corrected chi connectivity index (χ0v) is 19.4. The number of hydrazone groups is 1. The topological polar surface area (TPSA) is 95.1 Å². The van der Waals surface area contributed by atoms with Crippen LogP contribution in [0.5, 0.6) is 5.75 Å². The van der Waals surface area contributed by atoms with Crippen molar-refractivity contribution in [3.05, 3.63) is 82.9 Å². The van der Waals surface area contributed by atoms with Gasteiger partial charge >= 0.3 is 11.9 Å². The van der Waals surface area contributed by atoms with Gasteiger partial charge in [-0.25, -0.2) is 10.2 Å². The maximum Gasteiger partial charge on any atom is 0.337 e. The number of ether oxygens (including phenoxy) is 2. The standard InChI is InChI=1S/C26H25N3O5/c1-5-33-22-10-11-23-19(13-22)14-24(34-23)25(30)28-27-15-20-12-16(2)29(17(20)3)21-8-6-18(7-9-21)26(31)32-4/h6-15H,5H2,1-4H3,(H,28,30)/b27-15+. The van der Waals surface area contributed by atoms with Crippen LogP contribution in [0.1, 0.15) is 44.8 Å². The van der Waals surface area contributed by atoms with Gasteiger partial charge in [-0.2, -0.15) is 5.10 Å². The van der Waals surface area contributed by atoms with Gasteiger partial charge in [-0.05, 0) is 75.4 Å². The van der Waals surface area contributed by atoms with E-state index in [1.807, 2.05) is 49.6 Å². The van der Waals surface area contributed by atoms with Crippen LogP contribution in [-0.4, -0.2) is 36.4 Å². The molecule has 8 heteroatoms. The van der Waals surface area contributed by atoms with E-state index in [0.717, 1.165) is 33.8 Å². The highest BCUT2D eigenvalue weighted by atomic mass is 16.5. The number of aryl methyl sites for hydroxylation is 1. The third-order valence-corrected chi connectivity index (χ3v) is 5.41. The van der Waals surface area contributed by atoms with E-state index in [1.165, 1.54) is 7.11 Å². The summed E-state index contributed by atoms with van der Waals surface area (Å²) in [4.78, 5) is 24.2. The van der Waals surface area contributed by atoms with E-state index in [9.17, 15) is 9.59 Å². The van der Waals surface area contributed by atoms with Crippen molar-refractivity contribution in [1.82, 2.24) is 9.99 Å². The Bertz CT molecular complexity index is 1380. The monoisotopic (exact) mass is 459 g/mol. The molecule has 1 N–H and O–H groups in total. The number of fused-ring (bicyclic) bond motifs is 1. The molecular weight excluding hydrogens is 434 g/mol. The third-order valence-electron chi connectivity index (χ3n) is 5.41. The number of aromatic nitrogens is 1. The lowest BCUT2D eigenvalue weighted by molar-refractivity contribution is 0.0600. The summed E-state index contributed by atoms with van der Waals surface area (Å²) < 4.78 is 17.9. The van der Waals surface area contributed by atoms with Gasteiger partial charge in [0.15, 0.2) is 5.76 Å². The number of nitrogens with one attached hydrogen (secondary N) is 1. The molecule has 0 saturated heterocycles. The molecule has 0 unspecified atom stereocenters. The highest BCUT2D eigenvalue weighted by Gasteiger charge is 2.14. The van der Waals surface area contributed by atoms with Gasteiger partial charge < -0.3 is 18.5 Å². The summed E-state index contributed by atoms with van der Waals surface area (Å²) in [5.74, 6) is 0.0564. The number of amides is 1. The molecule has 2 aromatic heterocycles. The molecule has 0 atom stereocenters. The fourth-order valence-electron chi connectivity index (χ4n) is 3.79. The number of furan rings is 1. The Morgan fingerprint density at radius 3 is 2.56 bits per heavy atom. The summed E-state index contributed by atoms with van der Waals surface area (Å²) in [6.07, 6.45) is 1.59. The van der Waals surface area contributed by atoms with Crippen LogP contribution in [0.4, 0.5) is 0 Å². The van der Waals surface area contributed by atoms with E-state index in [-0.39, 0.29) is 11.7 Å². The third kappa shape index (κ3) is 4.56. The van der Waals surface area contributed by atoms with Crippen LogP contribution >= 0.6 is 0 Å². The molecule has 0 aliphatic heterocycles. The zero-order valence-electron chi connectivity index (χ0n) is 19.4. The number of benzene rings is 2. The quantitative estimate of drug-likeness (QED) is 0.244. The van der Waals surface area contributed by atoms with Crippen LogP contribution in [-0.2, 0) is 4.74 Å². The fraction of sp³-hybridized carbons (Fsp3) is 0.192. The molecule has 4 rings (SSSR count). The average molecular weight is 460 g/mol. The number of esters is 1. The lowest BCUT2D eigenvalue weighted by Crippen LogP contribution is -2.16. The second kappa shape index (κ2) is 9.66. The van der Waals surface area contributed by atoms with Crippen LogP contribution in [0.25, 0.3) is 16.7 Å². The molecule has 8 nitrogen and oxygen atoms in total. The van der Waals surface area contributed by atoms with Crippen molar-refractivity contribution in [3.8, 4) is 11.4 Å². The number of nitrogens with zero attached hydrogens (tertiary/aromatic N) is 2. The van der Waals surface area contributed by atoms with Gasteiger partial charge in [0, 0.05) is 28.0 Å². The van der Waals surface area contributed by atoms with Crippen molar-refractivity contribution in [2.24, 2.45) is 5.10 Å². The molecule has 0 fully saturated rings. The molecule has 1 amide bonds. The van der Waals surface area contributed by atoms with E-state index in [2.05, 4.69) is 10.5 Å². The Labute approximate surface area is 196 Å². The number of hydrogen-bond donors (Lipinski definition) is 1. The number of methoxy groups -OCH3 is 1. The Hall–Kier alpha value is -4.33. The van der Waals surface area contributed by atoms with Gasteiger partial charge in [-0.15, -0.1) is 0 Å². The average Bonchev–Trinajstić information content (AvgIpc) is 3.39. The molecule has 2 aromatic carbocycles. The summed E-state index contributed by atoms with van der Waals surface area (Å²) in [5.41, 5.74) is 7.27. The molecule has 0 aliphatic rings. The molecule has 34 heavy (non-hydrogen) atoms. The van der Waals surface area contributed by atoms with Crippen molar-refractivity contribution in [2.75, 3.05) is 13.7 Å². The van der Waals surface area contributed by atoms with E-state index in [4.69, 9.17) is 13.9 Å². The summed E-state index contributed by atoms with van der Waals surface area (Å²) >= 11 is 0. The Morgan fingerprint density at radius 2 is 1.85 bits per heavy atom. The summed E-state index contributed by atoms with van der Waals surface area (Å²) in [5, 5.41) is 4.89. The Morgan fingerprint density at radius 1 is 1.09 bits per heavy atom. The fourth-order valence-corrected chi connectivity index (χ4v) is 3.79. The predicted octanol–water partition coefficient (Wildman–Crippen LogP) is 4.79.